The molecule has 0 aromatic heterocycles. The van der Waals surface area contributed by atoms with Gasteiger partial charge >= 0.3 is 0 Å². The molecule has 0 spiro atoms. The lowest BCUT2D eigenvalue weighted by Gasteiger charge is -2.19. The van der Waals surface area contributed by atoms with Crippen LogP contribution in [-0.2, 0) is 4.74 Å². The van der Waals surface area contributed by atoms with E-state index in [9.17, 15) is 0 Å². The van der Waals surface area contributed by atoms with Crippen molar-refractivity contribution in [3.8, 4) is 0 Å². The van der Waals surface area contributed by atoms with E-state index in [-0.39, 0.29) is 0 Å². The molecule has 0 bridgehead atoms. The van der Waals surface area contributed by atoms with E-state index in [0.717, 1.165) is 24.4 Å². The minimum Gasteiger partial charge on any atom is -0.475 e. The fourth-order valence-corrected chi connectivity index (χ4v) is 0.870. The van der Waals surface area contributed by atoms with E-state index in [2.05, 4.69) is 18.5 Å². The van der Waals surface area contributed by atoms with Gasteiger partial charge in [-0.15, -0.1) is 0 Å². The first-order chi connectivity index (χ1) is 4.70. The largest absolute Gasteiger partial charge is 0.475 e. The van der Waals surface area contributed by atoms with Gasteiger partial charge in [0.1, 0.15) is 0 Å². The number of aliphatic imine (C=N–C) groups is 1. The number of hydrogen-bond acceptors (Lipinski definition) is 2. The van der Waals surface area contributed by atoms with Crippen molar-refractivity contribution in [2.24, 2.45) is 4.99 Å². The molecule has 2 heteroatoms. The Balaban J connectivity index is 2.60. The average molecular weight is 139 g/mol. The molecule has 0 fully saturated rings. The van der Waals surface area contributed by atoms with Crippen LogP contribution in [0.15, 0.2) is 17.1 Å². The molecule has 10 heavy (non-hydrogen) atoms. The lowest BCUT2D eigenvalue weighted by atomic mass is 10.2. The molecule has 0 amide bonds. The normalized spacial score (nSPS) is 25.0. The topological polar surface area (TPSA) is 21.6 Å². The molecule has 0 saturated carbocycles. The summed E-state index contributed by atoms with van der Waals surface area (Å²) in [5.74, 6) is 0.735. The SMILES string of the molecule is C=C(C)C1=NCCC(C)O1. The zero-order valence-corrected chi connectivity index (χ0v) is 6.55. The smallest absolute Gasteiger partial charge is 0.211 e. The van der Waals surface area contributed by atoms with Gasteiger partial charge in [-0.25, -0.2) is 0 Å². The third kappa shape index (κ3) is 1.59. The predicted molar refractivity (Wildman–Crippen MR) is 42.3 cm³/mol. The van der Waals surface area contributed by atoms with Crippen LogP contribution in [0.1, 0.15) is 20.3 Å². The molecule has 56 valence electrons. The Morgan fingerprint density at radius 2 is 2.50 bits per heavy atom. The van der Waals surface area contributed by atoms with Crippen molar-refractivity contribution in [1.29, 1.82) is 0 Å². The van der Waals surface area contributed by atoms with Crippen molar-refractivity contribution < 1.29 is 4.74 Å². The fraction of sp³-hybridized carbons (Fsp3) is 0.625. The van der Waals surface area contributed by atoms with Gasteiger partial charge in [-0.1, -0.05) is 6.58 Å². The minimum absolute atomic E-state index is 0.309. The molecule has 0 aromatic carbocycles. The molecule has 0 aromatic rings. The van der Waals surface area contributed by atoms with Gasteiger partial charge in [0.15, 0.2) is 0 Å². The third-order valence-electron chi connectivity index (χ3n) is 1.47. The number of rotatable bonds is 1. The molecule has 2 nitrogen and oxygen atoms in total. The Kier molecular flexibility index (Phi) is 2.10. The van der Waals surface area contributed by atoms with Gasteiger partial charge in [0.05, 0.1) is 6.10 Å². The van der Waals surface area contributed by atoms with Crippen LogP contribution in [0.4, 0.5) is 0 Å². The molecule has 0 radical (unpaired) electrons. The summed E-state index contributed by atoms with van der Waals surface area (Å²) in [5, 5.41) is 0. The Morgan fingerprint density at radius 3 is 2.90 bits per heavy atom. The van der Waals surface area contributed by atoms with Crippen LogP contribution in [0.3, 0.4) is 0 Å². The zero-order chi connectivity index (χ0) is 7.56. The molecule has 1 rings (SSSR count). The van der Waals surface area contributed by atoms with Gasteiger partial charge in [0.25, 0.3) is 0 Å². The third-order valence-corrected chi connectivity index (χ3v) is 1.47. The highest BCUT2D eigenvalue weighted by Crippen LogP contribution is 2.09. The predicted octanol–water partition coefficient (Wildman–Crippen LogP) is 1.77. The summed E-state index contributed by atoms with van der Waals surface area (Å²) in [4.78, 5) is 4.17. The maximum absolute atomic E-state index is 5.40. The molecule has 1 unspecified atom stereocenters. The average Bonchev–Trinajstić information content (AvgIpc) is 1.88. The second-order valence-electron chi connectivity index (χ2n) is 2.68. The lowest BCUT2D eigenvalue weighted by Crippen LogP contribution is -2.21. The number of nitrogens with zero attached hydrogens (tertiary/aromatic N) is 1. The molecule has 1 atom stereocenters. The maximum atomic E-state index is 5.40. The second kappa shape index (κ2) is 2.86. The summed E-state index contributed by atoms with van der Waals surface area (Å²) >= 11 is 0. The van der Waals surface area contributed by atoms with Crippen molar-refractivity contribution in [3.05, 3.63) is 12.2 Å². The van der Waals surface area contributed by atoms with E-state index >= 15 is 0 Å². The van der Waals surface area contributed by atoms with Gasteiger partial charge in [0.2, 0.25) is 5.90 Å². The Hall–Kier alpha value is -0.790. The van der Waals surface area contributed by atoms with Crippen molar-refractivity contribution in [2.45, 2.75) is 26.4 Å². The molecule has 1 aliphatic heterocycles. The highest BCUT2D eigenvalue weighted by atomic mass is 16.5. The van der Waals surface area contributed by atoms with Crippen LogP contribution in [0.5, 0.6) is 0 Å². The van der Waals surface area contributed by atoms with Crippen LogP contribution in [0, 0.1) is 0 Å². The molecular formula is C8H13NO. The summed E-state index contributed by atoms with van der Waals surface area (Å²) in [7, 11) is 0. The summed E-state index contributed by atoms with van der Waals surface area (Å²) < 4.78 is 5.40. The number of ether oxygens (including phenoxy) is 1. The van der Waals surface area contributed by atoms with E-state index < -0.39 is 0 Å². The van der Waals surface area contributed by atoms with Crippen molar-refractivity contribution in [2.75, 3.05) is 6.54 Å². The van der Waals surface area contributed by atoms with E-state index in [1.807, 2.05) is 6.92 Å². The highest BCUT2D eigenvalue weighted by Gasteiger charge is 2.12. The molecule has 0 aliphatic carbocycles. The first kappa shape index (κ1) is 7.32. The molecule has 1 aliphatic rings. The molecular weight excluding hydrogens is 126 g/mol. The van der Waals surface area contributed by atoms with E-state index in [1.54, 1.807) is 0 Å². The van der Waals surface area contributed by atoms with Crippen LogP contribution in [-0.4, -0.2) is 18.5 Å². The van der Waals surface area contributed by atoms with E-state index in [4.69, 9.17) is 4.74 Å². The Bertz CT molecular complexity index is 172. The fourth-order valence-electron chi connectivity index (χ4n) is 0.870. The minimum atomic E-state index is 0.309. The van der Waals surface area contributed by atoms with Crippen molar-refractivity contribution in [3.63, 3.8) is 0 Å². The van der Waals surface area contributed by atoms with E-state index in [1.165, 1.54) is 0 Å². The van der Waals surface area contributed by atoms with Gasteiger partial charge in [-0.05, 0) is 13.8 Å². The summed E-state index contributed by atoms with van der Waals surface area (Å²) in [6.07, 6.45) is 1.33. The molecule has 0 N–H and O–H groups in total. The second-order valence-corrected chi connectivity index (χ2v) is 2.68. The van der Waals surface area contributed by atoms with Crippen LogP contribution >= 0.6 is 0 Å². The number of hydrogen-bond donors (Lipinski definition) is 0. The first-order valence-electron chi connectivity index (χ1n) is 3.57. The quantitative estimate of drug-likeness (QED) is 0.542. The Labute approximate surface area is 61.6 Å². The van der Waals surface area contributed by atoms with Gasteiger partial charge < -0.3 is 4.74 Å². The lowest BCUT2D eigenvalue weighted by molar-refractivity contribution is 0.186. The van der Waals surface area contributed by atoms with E-state index in [0.29, 0.717) is 6.10 Å². The molecule has 1 heterocycles. The standard InChI is InChI=1S/C8H13NO/c1-6(2)8-9-5-4-7(3)10-8/h7H,1,4-5H2,2-3H3. The van der Waals surface area contributed by atoms with Crippen LogP contribution < -0.4 is 0 Å². The maximum Gasteiger partial charge on any atom is 0.211 e. The zero-order valence-electron chi connectivity index (χ0n) is 6.55. The van der Waals surface area contributed by atoms with Gasteiger partial charge in [-0.3, -0.25) is 4.99 Å². The Morgan fingerprint density at radius 1 is 1.80 bits per heavy atom. The van der Waals surface area contributed by atoms with Gasteiger partial charge in [0, 0.05) is 18.5 Å². The van der Waals surface area contributed by atoms with Gasteiger partial charge in [-0.2, -0.15) is 0 Å². The monoisotopic (exact) mass is 139 g/mol. The summed E-state index contributed by atoms with van der Waals surface area (Å²) in [6, 6.07) is 0. The van der Waals surface area contributed by atoms with Crippen molar-refractivity contribution in [1.82, 2.24) is 0 Å². The first-order valence-corrected chi connectivity index (χ1v) is 3.57. The highest BCUT2D eigenvalue weighted by molar-refractivity contribution is 5.92. The summed E-state index contributed by atoms with van der Waals surface area (Å²) in [6.45, 7) is 8.60. The van der Waals surface area contributed by atoms with Crippen LogP contribution in [0.25, 0.3) is 0 Å². The summed E-state index contributed by atoms with van der Waals surface area (Å²) in [5.41, 5.74) is 0.923. The van der Waals surface area contributed by atoms with Crippen molar-refractivity contribution >= 4 is 5.90 Å². The van der Waals surface area contributed by atoms with Crippen LogP contribution in [0.2, 0.25) is 0 Å². The molecule has 0 saturated heterocycles.